The van der Waals surface area contributed by atoms with E-state index in [4.69, 9.17) is 21.3 Å². The number of benzene rings is 3. The van der Waals surface area contributed by atoms with E-state index in [0.29, 0.717) is 23.7 Å². The summed E-state index contributed by atoms with van der Waals surface area (Å²) in [4.78, 5) is 17.1. The van der Waals surface area contributed by atoms with Gasteiger partial charge in [-0.15, -0.1) is 0 Å². The third-order valence-corrected chi connectivity index (χ3v) is 4.87. The van der Waals surface area contributed by atoms with Gasteiger partial charge in [0.2, 0.25) is 0 Å². The van der Waals surface area contributed by atoms with Gasteiger partial charge >= 0.3 is 6.03 Å². The van der Waals surface area contributed by atoms with Crippen molar-refractivity contribution in [1.82, 2.24) is 4.98 Å². The van der Waals surface area contributed by atoms with E-state index in [2.05, 4.69) is 10.6 Å². The summed E-state index contributed by atoms with van der Waals surface area (Å²) in [6.07, 6.45) is 0. The lowest BCUT2D eigenvalue weighted by Gasteiger charge is -2.13. The number of hydrogen-bond donors (Lipinski definition) is 2. The molecule has 0 atom stereocenters. The molecule has 0 fully saturated rings. The molecule has 0 aliphatic heterocycles. The van der Waals surface area contributed by atoms with E-state index in [0.717, 1.165) is 22.2 Å². The van der Waals surface area contributed by atoms with Crippen LogP contribution in [-0.4, -0.2) is 17.6 Å². The number of pyridine rings is 1. The predicted octanol–water partition coefficient (Wildman–Crippen LogP) is 6.74. The standard InChI is InChI=1S/C24H19ClFN3O2/c1-2-31-23-14-22(15-6-4-3-5-7-15)29-21-11-9-16(12-18(21)23)27-24(30)28-17-8-10-20(26)19(25)13-17/h3-14H,2H2,1H3,(H2,27,28,30). The number of nitrogens with zero attached hydrogens (tertiary/aromatic N) is 1. The molecule has 0 spiro atoms. The van der Waals surface area contributed by atoms with Crippen molar-refractivity contribution in [3.05, 3.63) is 83.6 Å². The zero-order valence-electron chi connectivity index (χ0n) is 16.7. The second-order valence-electron chi connectivity index (χ2n) is 6.74. The first kappa shape index (κ1) is 20.6. The Morgan fingerprint density at radius 3 is 2.42 bits per heavy atom. The molecule has 0 saturated carbocycles. The van der Waals surface area contributed by atoms with Gasteiger partial charge in [-0.25, -0.2) is 14.2 Å². The van der Waals surface area contributed by atoms with Crippen molar-refractivity contribution in [2.45, 2.75) is 6.92 Å². The molecule has 7 heteroatoms. The maximum Gasteiger partial charge on any atom is 0.323 e. The fraction of sp³-hybridized carbons (Fsp3) is 0.0833. The number of halogens is 2. The minimum absolute atomic E-state index is 0.0647. The van der Waals surface area contributed by atoms with E-state index in [-0.39, 0.29) is 5.02 Å². The predicted molar refractivity (Wildman–Crippen MR) is 122 cm³/mol. The monoisotopic (exact) mass is 435 g/mol. The van der Waals surface area contributed by atoms with E-state index in [1.807, 2.05) is 49.4 Å². The van der Waals surface area contributed by atoms with Gasteiger partial charge in [0.15, 0.2) is 0 Å². The average molecular weight is 436 g/mol. The van der Waals surface area contributed by atoms with Gasteiger partial charge < -0.3 is 15.4 Å². The first-order chi connectivity index (χ1) is 15.0. The van der Waals surface area contributed by atoms with E-state index < -0.39 is 11.8 Å². The van der Waals surface area contributed by atoms with Crippen molar-refractivity contribution in [1.29, 1.82) is 0 Å². The maximum atomic E-state index is 13.3. The molecule has 0 aliphatic rings. The number of amides is 2. The van der Waals surface area contributed by atoms with Crippen molar-refractivity contribution in [3.8, 4) is 17.0 Å². The minimum Gasteiger partial charge on any atom is -0.493 e. The number of nitrogens with one attached hydrogen (secondary N) is 2. The number of fused-ring (bicyclic) bond motifs is 1. The smallest absolute Gasteiger partial charge is 0.323 e. The highest BCUT2D eigenvalue weighted by Crippen LogP contribution is 2.32. The molecule has 0 bridgehead atoms. The van der Waals surface area contributed by atoms with Crippen LogP contribution in [0.2, 0.25) is 5.02 Å². The van der Waals surface area contributed by atoms with Gasteiger partial charge in [-0.3, -0.25) is 0 Å². The van der Waals surface area contributed by atoms with Crippen molar-refractivity contribution >= 4 is 39.9 Å². The Morgan fingerprint density at radius 1 is 1.00 bits per heavy atom. The number of urea groups is 1. The Bertz CT molecular complexity index is 1250. The number of carbonyl (C=O) groups is 1. The highest BCUT2D eigenvalue weighted by Gasteiger charge is 2.11. The summed E-state index contributed by atoms with van der Waals surface area (Å²) in [5, 5.41) is 6.11. The quantitative estimate of drug-likeness (QED) is 0.365. The summed E-state index contributed by atoms with van der Waals surface area (Å²) in [7, 11) is 0. The molecule has 4 aromatic rings. The zero-order chi connectivity index (χ0) is 21.8. The van der Waals surface area contributed by atoms with Gasteiger partial charge in [0, 0.05) is 28.4 Å². The number of rotatable bonds is 5. The summed E-state index contributed by atoms with van der Waals surface area (Å²) >= 11 is 5.76. The SMILES string of the molecule is CCOc1cc(-c2ccccc2)nc2ccc(NC(=O)Nc3ccc(F)c(Cl)c3)cc12. The number of aromatic nitrogens is 1. The van der Waals surface area contributed by atoms with Crippen molar-refractivity contribution in [2.75, 3.05) is 17.2 Å². The van der Waals surface area contributed by atoms with Gasteiger partial charge in [-0.2, -0.15) is 0 Å². The molecule has 156 valence electrons. The van der Waals surface area contributed by atoms with Gasteiger partial charge in [0.25, 0.3) is 0 Å². The molecular formula is C24H19ClFN3O2. The second kappa shape index (κ2) is 9.02. The zero-order valence-corrected chi connectivity index (χ0v) is 17.4. The highest BCUT2D eigenvalue weighted by molar-refractivity contribution is 6.31. The molecule has 2 N–H and O–H groups in total. The molecule has 1 heterocycles. The van der Waals surface area contributed by atoms with Crippen LogP contribution < -0.4 is 15.4 Å². The molecule has 0 unspecified atom stereocenters. The van der Waals surface area contributed by atoms with Crippen LogP contribution in [0.15, 0.2) is 72.8 Å². The third-order valence-electron chi connectivity index (χ3n) is 4.58. The lowest BCUT2D eigenvalue weighted by atomic mass is 10.1. The summed E-state index contributed by atoms with van der Waals surface area (Å²) < 4.78 is 19.1. The minimum atomic E-state index is -0.548. The molecule has 3 aromatic carbocycles. The van der Waals surface area contributed by atoms with E-state index in [1.54, 1.807) is 12.1 Å². The van der Waals surface area contributed by atoms with Crippen molar-refractivity contribution < 1.29 is 13.9 Å². The van der Waals surface area contributed by atoms with Gasteiger partial charge in [0.1, 0.15) is 11.6 Å². The fourth-order valence-electron chi connectivity index (χ4n) is 3.17. The summed E-state index contributed by atoms with van der Waals surface area (Å²) in [6, 6.07) is 20.6. The Balaban J connectivity index is 1.61. The topological polar surface area (TPSA) is 63.2 Å². The Labute approximate surface area is 183 Å². The summed E-state index contributed by atoms with van der Waals surface area (Å²) in [5.41, 5.74) is 3.50. The average Bonchev–Trinajstić information content (AvgIpc) is 2.77. The molecule has 0 radical (unpaired) electrons. The maximum absolute atomic E-state index is 13.3. The second-order valence-corrected chi connectivity index (χ2v) is 7.15. The molecular weight excluding hydrogens is 417 g/mol. The molecule has 4 rings (SSSR count). The first-order valence-electron chi connectivity index (χ1n) is 9.69. The van der Waals surface area contributed by atoms with Crippen LogP contribution in [0.25, 0.3) is 22.2 Å². The van der Waals surface area contributed by atoms with E-state index in [1.165, 1.54) is 18.2 Å². The third kappa shape index (κ3) is 4.75. The Hall–Kier alpha value is -3.64. The number of hydrogen-bond acceptors (Lipinski definition) is 3. The van der Waals surface area contributed by atoms with E-state index in [9.17, 15) is 9.18 Å². The largest absolute Gasteiger partial charge is 0.493 e. The summed E-state index contributed by atoms with van der Waals surface area (Å²) in [6.45, 7) is 2.41. The van der Waals surface area contributed by atoms with Gasteiger partial charge in [-0.1, -0.05) is 41.9 Å². The van der Waals surface area contributed by atoms with E-state index >= 15 is 0 Å². The van der Waals surface area contributed by atoms with Gasteiger partial charge in [-0.05, 0) is 43.3 Å². The van der Waals surface area contributed by atoms with Crippen LogP contribution in [0.3, 0.4) is 0 Å². The molecule has 31 heavy (non-hydrogen) atoms. The first-order valence-corrected chi connectivity index (χ1v) is 10.1. The number of anilines is 2. The van der Waals surface area contributed by atoms with Crippen LogP contribution in [0, 0.1) is 5.82 Å². The molecule has 0 saturated heterocycles. The molecule has 5 nitrogen and oxygen atoms in total. The van der Waals surface area contributed by atoms with Crippen molar-refractivity contribution in [3.63, 3.8) is 0 Å². The van der Waals surface area contributed by atoms with Crippen molar-refractivity contribution in [2.24, 2.45) is 0 Å². The van der Waals surface area contributed by atoms with Gasteiger partial charge in [0.05, 0.1) is 22.8 Å². The lowest BCUT2D eigenvalue weighted by Crippen LogP contribution is -2.19. The van der Waals surface area contributed by atoms with Crippen LogP contribution in [0.5, 0.6) is 5.75 Å². The fourth-order valence-corrected chi connectivity index (χ4v) is 3.35. The molecule has 0 aliphatic carbocycles. The molecule has 1 aromatic heterocycles. The normalized spacial score (nSPS) is 10.7. The molecule has 2 amide bonds. The number of ether oxygens (including phenoxy) is 1. The van der Waals surface area contributed by atoms with Crippen LogP contribution in [0.4, 0.5) is 20.6 Å². The number of carbonyl (C=O) groups excluding carboxylic acids is 1. The lowest BCUT2D eigenvalue weighted by molar-refractivity contribution is 0.262. The van der Waals surface area contributed by atoms with Crippen LogP contribution in [-0.2, 0) is 0 Å². The van der Waals surface area contributed by atoms with Crippen LogP contribution in [0.1, 0.15) is 6.92 Å². The Kier molecular flexibility index (Phi) is 6.00. The van der Waals surface area contributed by atoms with Crippen LogP contribution >= 0.6 is 11.6 Å². The Morgan fingerprint density at radius 2 is 1.71 bits per heavy atom. The highest BCUT2D eigenvalue weighted by atomic mass is 35.5. The summed E-state index contributed by atoms with van der Waals surface area (Å²) in [5.74, 6) is 0.133.